The lowest BCUT2D eigenvalue weighted by molar-refractivity contribution is 0.739. The van der Waals surface area contributed by atoms with Crippen LogP contribution in [0.2, 0.25) is 0 Å². The molecule has 1 aliphatic rings. The van der Waals surface area contributed by atoms with Crippen LogP contribution in [0, 0.1) is 5.92 Å². The Labute approximate surface area is 120 Å². The molecule has 1 heterocycles. The molecule has 0 amide bonds. The van der Waals surface area contributed by atoms with Gasteiger partial charge < -0.3 is 4.98 Å². The van der Waals surface area contributed by atoms with Crippen LogP contribution in [0.4, 0.5) is 0 Å². The molecule has 1 aromatic rings. The summed E-state index contributed by atoms with van der Waals surface area (Å²) in [6, 6.07) is 0. The van der Waals surface area contributed by atoms with Gasteiger partial charge >= 0.3 is 0 Å². The van der Waals surface area contributed by atoms with Gasteiger partial charge in [-0.2, -0.15) is 0 Å². The number of thiol groups is 1. The van der Waals surface area contributed by atoms with E-state index in [1.54, 1.807) is 0 Å². The topological polar surface area (TPSA) is 32.9 Å². The van der Waals surface area contributed by atoms with Gasteiger partial charge in [-0.3, -0.25) is 4.79 Å². The van der Waals surface area contributed by atoms with E-state index in [4.69, 9.17) is 7.85 Å². The SMILES string of the molecule is [B]c1c(C2=CC(C)CC=C2)c(CCC)c(S)[nH]c1=O. The van der Waals surface area contributed by atoms with Gasteiger partial charge in [0.05, 0.1) is 5.03 Å². The van der Waals surface area contributed by atoms with Gasteiger partial charge in [0.25, 0.3) is 0 Å². The molecule has 0 bridgehead atoms. The maximum Gasteiger partial charge on any atom is 0.242 e. The Morgan fingerprint density at radius 1 is 1.53 bits per heavy atom. The average molecular weight is 271 g/mol. The smallest absolute Gasteiger partial charge is 0.242 e. The number of H-pyrrole nitrogens is 1. The molecule has 19 heavy (non-hydrogen) atoms. The van der Waals surface area contributed by atoms with Gasteiger partial charge in [0, 0.05) is 0 Å². The van der Waals surface area contributed by atoms with Crippen LogP contribution in [-0.2, 0) is 6.42 Å². The van der Waals surface area contributed by atoms with Crippen molar-refractivity contribution in [3.63, 3.8) is 0 Å². The summed E-state index contributed by atoms with van der Waals surface area (Å²) < 4.78 is 0. The number of aromatic nitrogens is 1. The molecule has 1 aromatic heterocycles. The number of pyridine rings is 1. The molecule has 1 unspecified atom stereocenters. The second-order valence-corrected chi connectivity index (χ2v) is 5.50. The van der Waals surface area contributed by atoms with E-state index in [1.807, 2.05) is 0 Å². The number of hydrogen-bond acceptors (Lipinski definition) is 2. The lowest BCUT2D eigenvalue weighted by atomic mass is 9.82. The minimum Gasteiger partial charge on any atom is -0.318 e. The molecule has 0 aliphatic heterocycles. The Balaban J connectivity index is 2.66. The zero-order valence-electron chi connectivity index (χ0n) is 11.4. The molecule has 2 nitrogen and oxygen atoms in total. The van der Waals surface area contributed by atoms with Crippen LogP contribution in [-0.4, -0.2) is 12.8 Å². The van der Waals surface area contributed by atoms with E-state index in [1.165, 1.54) is 0 Å². The van der Waals surface area contributed by atoms with E-state index in [0.717, 1.165) is 36.0 Å². The van der Waals surface area contributed by atoms with Gasteiger partial charge in [0.1, 0.15) is 7.85 Å². The molecule has 0 spiro atoms. The highest BCUT2D eigenvalue weighted by molar-refractivity contribution is 7.80. The molecule has 1 atom stereocenters. The average Bonchev–Trinajstić information content (AvgIpc) is 2.36. The third-order valence-electron chi connectivity index (χ3n) is 3.39. The number of hydrogen-bond donors (Lipinski definition) is 2. The van der Waals surface area contributed by atoms with Gasteiger partial charge in [-0.05, 0) is 40.9 Å². The van der Waals surface area contributed by atoms with Gasteiger partial charge in [-0.15, -0.1) is 12.6 Å². The van der Waals surface area contributed by atoms with Gasteiger partial charge in [0.2, 0.25) is 5.56 Å². The summed E-state index contributed by atoms with van der Waals surface area (Å²) >= 11 is 4.40. The van der Waals surface area contributed by atoms with Crippen molar-refractivity contribution in [1.29, 1.82) is 0 Å². The predicted octanol–water partition coefficient (Wildman–Crippen LogP) is 2.39. The van der Waals surface area contributed by atoms with Crippen molar-refractivity contribution in [1.82, 2.24) is 4.98 Å². The number of rotatable bonds is 3. The first-order chi connectivity index (χ1) is 9.04. The van der Waals surface area contributed by atoms with Crippen molar-refractivity contribution in [3.05, 3.63) is 39.7 Å². The summed E-state index contributed by atoms with van der Waals surface area (Å²) in [4.78, 5) is 14.6. The van der Waals surface area contributed by atoms with Crippen LogP contribution < -0.4 is 11.0 Å². The zero-order valence-corrected chi connectivity index (χ0v) is 12.3. The Bertz CT molecular complexity index is 601. The van der Waals surface area contributed by atoms with Crippen LogP contribution >= 0.6 is 12.6 Å². The van der Waals surface area contributed by atoms with E-state index in [9.17, 15) is 4.79 Å². The standard InChI is InChI=1S/C15H18BNOS/c1-3-5-11-12(10-7-4-6-9(2)8-10)13(16)14(18)17-15(11)19/h4,7-9H,3,5-6H2,1-2H3,(H2,17,18,19). The van der Waals surface area contributed by atoms with Crippen molar-refractivity contribution < 1.29 is 0 Å². The van der Waals surface area contributed by atoms with Crippen LogP contribution in [0.1, 0.15) is 37.8 Å². The number of allylic oxidation sites excluding steroid dienone is 4. The second kappa shape index (κ2) is 5.87. The number of aromatic amines is 1. The molecule has 2 radical (unpaired) electrons. The maximum absolute atomic E-state index is 11.9. The molecule has 0 aromatic carbocycles. The summed E-state index contributed by atoms with van der Waals surface area (Å²) in [6.07, 6.45) is 9.24. The minimum atomic E-state index is -0.257. The molecule has 1 N–H and O–H groups in total. The quantitative estimate of drug-likeness (QED) is 0.642. The van der Waals surface area contributed by atoms with Gasteiger partial charge in [-0.1, -0.05) is 38.5 Å². The largest absolute Gasteiger partial charge is 0.318 e. The van der Waals surface area contributed by atoms with Crippen LogP contribution in [0.15, 0.2) is 28.0 Å². The fourth-order valence-corrected chi connectivity index (χ4v) is 2.80. The maximum atomic E-state index is 11.9. The van der Waals surface area contributed by atoms with Gasteiger partial charge in [0.15, 0.2) is 0 Å². The minimum absolute atomic E-state index is 0.257. The van der Waals surface area contributed by atoms with Crippen molar-refractivity contribution in [2.75, 3.05) is 0 Å². The normalized spacial score (nSPS) is 18.5. The summed E-state index contributed by atoms with van der Waals surface area (Å²) in [7, 11) is 6.01. The lowest BCUT2D eigenvalue weighted by Gasteiger charge is -2.19. The molecule has 0 saturated heterocycles. The van der Waals surface area contributed by atoms with E-state index in [0.29, 0.717) is 16.4 Å². The number of nitrogens with one attached hydrogen (secondary N) is 1. The van der Waals surface area contributed by atoms with E-state index < -0.39 is 0 Å². The fraction of sp³-hybridized carbons (Fsp3) is 0.400. The molecule has 0 saturated carbocycles. The third-order valence-corrected chi connectivity index (χ3v) is 3.77. The molecule has 2 rings (SSSR count). The third kappa shape index (κ3) is 2.89. The van der Waals surface area contributed by atoms with E-state index in [2.05, 4.69) is 49.7 Å². The highest BCUT2D eigenvalue weighted by Crippen LogP contribution is 2.27. The highest BCUT2D eigenvalue weighted by Gasteiger charge is 2.16. The monoisotopic (exact) mass is 271 g/mol. The predicted molar refractivity (Wildman–Crippen MR) is 84.6 cm³/mol. The van der Waals surface area contributed by atoms with Crippen molar-refractivity contribution in [2.45, 2.75) is 38.1 Å². The molecule has 4 heteroatoms. The summed E-state index contributed by atoms with van der Waals surface area (Å²) in [5, 5.41) is 0.628. The fourth-order valence-electron chi connectivity index (χ4n) is 2.47. The van der Waals surface area contributed by atoms with Crippen LogP contribution in [0.5, 0.6) is 0 Å². The Morgan fingerprint density at radius 2 is 2.26 bits per heavy atom. The zero-order chi connectivity index (χ0) is 14.0. The highest BCUT2D eigenvalue weighted by atomic mass is 32.1. The van der Waals surface area contributed by atoms with Crippen molar-refractivity contribution in [3.8, 4) is 0 Å². The molecular weight excluding hydrogens is 253 g/mol. The first-order valence-corrected chi connectivity index (χ1v) is 7.11. The van der Waals surface area contributed by atoms with Crippen LogP contribution in [0.3, 0.4) is 0 Å². The van der Waals surface area contributed by atoms with Crippen LogP contribution in [0.25, 0.3) is 5.57 Å². The summed E-state index contributed by atoms with van der Waals surface area (Å²) in [6.45, 7) is 4.26. The Kier molecular flexibility index (Phi) is 4.40. The summed E-state index contributed by atoms with van der Waals surface area (Å²) in [5.41, 5.74) is 2.98. The Morgan fingerprint density at radius 3 is 2.89 bits per heavy atom. The van der Waals surface area contributed by atoms with Crippen molar-refractivity contribution in [2.24, 2.45) is 5.92 Å². The molecule has 98 valence electrons. The van der Waals surface area contributed by atoms with E-state index >= 15 is 0 Å². The van der Waals surface area contributed by atoms with E-state index in [-0.39, 0.29) is 5.56 Å². The van der Waals surface area contributed by atoms with Gasteiger partial charge in [-0.25, -0.2) is 0 Å². The first-order valence-electron chi connectivity index (χ1n) is 6.66. The second-order valence-electron chi connectivity index (χ2n) is 5.06. The van der Waals surface area contributed by atoms with Crippen molar-refractivity contribution >= 4 is 31.5 Å². The summed E-state index contributed by atoms with van der Waals surface area (Å²) in [5.74, 6) is 0.469. The molecule has 0 fully saturated rings. The lowest BCUT2D eigenvalue weighted by Crippen LogP contribution is -2.33. The first kappa shape index (κ1) is 14.3. The molecular formula is C15H18BNOS. The Hall–Kier alpha value is -1.16. The molecule has 1 aliphatic carbocycles.